The number of carbonyl (C=O) groups excluding carboxylic acids is 1. The van der Waals surface area contributed by atoms with Crippen LogP contribution in [0.2, 0.25) is 0 Å². The van der Waals surface area contributed by atoms with Crippen LogP contribution < -0.4 is 15.1 Å². The van der Waals surface area contributed by atoms with Crippen LogP contribution >= 0.6 is 11.3 Å². The first kappa shape index (κ1) is 21.3. The molecule has 0 spiro atoms. The minimum absolute atomic E-state index is 0.0936. The van der Waals surface area contributed by atoms with Crippen molar-refractivity contribution in [2.24, 2.45) is 0 Å². The quantitative estimate of drug-likeness (QED) is 0.408. The number of alkyl halides is 3. The Morgan fingerprint density at radius 1 is 1.21 bits per heavy atom. The van der Waals surface area contributed by atoms with E-state index in [2.05, 4.69) is 4.98 Å². The first-order valence-electron chi connectivity index (χ1n) is 9.78. The maximum absolute atomic E-state index is 13.2. The number of amides is 1. The summed E-state index contributed by atoms with van der Waals surface area (Å²) in [7, 11) is 1.45. The summed E-state index contributed by atoms with van der Waals surface area (Å²) < 4.78 is 56.0. The van der Waals surface area contributed by atoms with Crippen molar-refractivity contribution in [2.45, 2.75) is 12.3 Å². The van der Waals surface area contributed by atoms with Crippen molar-refractivity contribution < 1.29 is 31.9 Å². The summed E-state index contributed by atoms with van der Waals surface area (Å²) in [6, 6.07) is 10.3. The maximum Gasteiger partial charge on any atom is 0.418 e. The highest BCUT2D eigenvalue weighted by Crippen LogP contribution is 2.38. The third kappa shape index (κ3) is 3.78. The van der Waals surface area contributed by atoms with Crippen molar-refractivity contribution in [3.63, 3.8) is 0 Å². The van der Waals surface area contributed by atoms with Crippen LogP contribution in [0.5, 0.6) is 10.9 Å². The number of thiazole rings is 1. The fourth-order valence-corrected chi connectivity index (χ4v) is 4.53. The smallest absolute Gasteiger partial charge is 0.418 e. The Bertz CT molecular complexity index is 1440. The fraction of sp³-hybridized carbons (Fsp3) is 0.227. The molecule has 170 valence electrons. The molecule has 0 saturated carbocycles. The van der Waals surface area contributed by atoms with Gasteiger partial charge in [-0.15, -0.1) is 0 Å². The minimum Gasteiger partial charge on any atom is -0.493 e. The minimum atomic E-state index is -4.52. The van der Waals surface area contributed by atoms with E-state index in [1.165, 1.54) is 24.1 Å². The lowest BCUT2D eigenvalue weighted by Gasteiger charge is -2.38. The van der Waals surface area contributed by atoms with Gasteiger partial charge in [0.15, 0.2) is 11.3 Å². The Labute approximate surface area is 188 Å². The van der Waals surface area contributed by atoms with Gasteiger partial charge in [-0.25, -0.2) is 9.78 Å². The molecule has 0 radical (unpaired) electrons. The summed E-state index contributed by atoms with van der Waals surface area (Å²) >= 11 is 1.00. The van der Waals surface area contributed by atoms with E-state index < -0.39 is 29.4 Å². The summed E-state index contributed by atoms with van der Waals surface area (Å²) in [5.41, 5.74) is -1.64. The number of nitrogens with zero attached hydrogens (tertiary/aromatic N) is 2. The molecule has 1 aliphatic rings. The molecule has 33 heavy (non-hydrogen) atoms. The van der Waals surface area contributed by atoms with Gasteiger partial charge in [0.1, 0.15) is 11.7 Å². The van der Waals surface area contributed by atoms with E-state index in [4.69, 9.17) is 13.9 Å². The molecule has 0 unspecified atom stereocenters. The van der Waals surface area contributed by atoms with E-state index in [1.807, 2.05) is 0 Å². The average molecular weight is 476 g/mol. The zero-order chi connectivity index (χ0) is 23.3. The lowest BCUT2D eigenvalue weighted by Crippen LogP contribution is -2.56. The molecule has 4 aromatic rings. The molecular formula is C22H15F3N2O5S. The van der Waals surface area contributed by atoms with Gasteiger partial charge in [-0.3, -0.25) is 4.79 Å². The third-order valence-electron chi connectivity index (χ3n) is 5.28. The highest BCUT2D eigenvalue weighted by molar-refractivity contribution is 7.20. The summed E-state index contributed by atoms with van der Waals surface area (Å²) in [5, 5.41) is 0.636. The highest BCUT2D eigenvalue weighted by atomic mass is 32.1. The van der Waals surface area contributed by atoms with Crippen molar-refractivity contribution in [1.82, 2.24) is 9.88 Å². The number of methoxy groups -OCH3 is 1. The molecule has 0 atom stereocenters. The number of ether oxygens (including phenoxy) is 2. The topological polar surface area (TPSA) is 81.9 Å². The molecule has 1 aliphatic heterocycles. The van der Waals surface area contributed by atoms with Gasteiger partial charge in [0.25, 0.3) is 11.1 Å². The number of para-hydroxylation sites is 2. The van der Waals surface area contributed by atoms with Crippen LogP contribution in [0.25, 0.3) is 21.2 Å². The van der Waals surface area contributed by atoms with Gasteiger partial charge in [0.2, 0.25) is 0 Å². The molecule has 0 bridgehead atoms. The van der Waals surface area contributed by atoms with E-state index in [0.717, 1.165) is 17.4 Å². The number of halogens is 3. The molecule has 1 fully saturated rings. The Kier molecular flexibility index (Phi) is 5.00. The van der Waals surface area contributed by atoms with Crippen molar-refractivity contribution in [3.05, 3.63) is 64.0 Å². The maximum atomic E-state index is 13.2. The summed E-state index contributed by atoms with van der Waals surface area (Å²) in [6.07, 6.45) is -4.97. The Morgan fingerprint density at radius 3 is 2.70 bits per heavy atom. The van der Waals surface area contributed by atoms with Gasteiger partial charge in [-0.1, -0.05) is 29.5 Å². The van der Waals surface area contributed by atoms with Gasteiger partial charge < -0.3 is 18.8 Å². The number of fused-ring (bicyclic) bond motifs is 2. The number of hydrogen-bond acceptors (Lipinski definition) is 7. The van der Waals surface area contributed by atoms with Crippen molar-refractivity contribution in [2.75, 3.05) is 20.2 Å². The number of carbonyl (C=O) groups is 1. The summed E-state index contributed by atoms with van der Waals surface area (Å²) in [4.78, 5) is 30.5. The molecule has 2 aromatic carbocycles. The molecule has 7 nitrogen and oxygen atoms in total. The van der Waals surface area contributed by atoms with Crippen LogP contribution in [-0.4, -0.2) is 42.1 Å². The van der Waals surface area contributed by atoms with Gasteiger partial charge in [-0.2, -0.15) is 13.2 Å². The zero-order valence-corrected chi connectivity index (χ0v) is 17.8. The largest absolute Gasteiger partial charge is 0.493 e. The molecule has 0 aliphatic carbocycles. The van der Waals surface area contributed by atoms with Gasteiger partial charge in [-0.05, 0) is 24.3 Å². The molecular weight excluding hydrogens is 461 g/mol. The second-order valence-corrected chi connectivity index (χ2v) is 8.40. The summed E-state index contributed by atoms with van der Waals surface area (Å²) in [6.45, 7) is 0.326. The molecule has 1 saturated heterocycles. The highest BCUT2D eigenvalue weighted by Gasteiger charge is 2.36. The molecule has 0 N–H and O–H groups in total. The van der Waals surface area contributed by atoms with E-state index >= 15 is 0 Å². The predicted molar refractivity (Wildman–Crippen MR) is 114 cm³/mol. The molecule has 5 rings (SSSR count). The Morgan fingerprint density at radius 2 is 1.97 bits per heavy atom. The second-order valence-electron chi connectivity index (χ2n) is 7.41. The van der Waals surface area contributed by atoms with E-state index in [1.54, 1.807) is 24.3 Å². The van der Waals surface area contributed by atoms with Crippen LogP contribution in [0, 0.1) is 0 Å². The van der Waals surface area contributed by atoms with Crippen LogP contribution in [0.1, 0.15) is 15.9 Å². The van der Waals surface area contributed by atoms with E-state index in [9.17, 15) is 22.8 Å². The van der Waals surface area contributed by atoms with E-state index in [-0.39, 0.29) is 34.9 Å². The predicted octanol–water partition coefficient (Wildman–Crippen LogP) is 4.33. The van der Waals surface area contributed by atoms with Crippen LogP contribution in [-0.2, 0) is 6.18 Å². The number of likely N-dealkylation sites (tertiary alicyclic amines) is 1. The Hall–Kier alpha value is -3.60. The average Bonchev–Trinajstić information content (AvgIpc) is 3.16. The molecule has 2 aromatic heterocycles. The monoisotopic (exact) mass is 476 g/mol. The Balaban J connectivity index is 1.31. The van der Waals surface area contributed by atoms with E-state index in [0.29, 0.717) is 15.8 Å². The number of benzene rings is 2. The van der Waals surface area contributed by atoms with Gasteiger partial charge >= 0.3 is 11.8 Å². The molecule has 11 heteroatoms. The first-order chi connectivity index (χ1) is 15.7. The van der Waals surface area contributed by atoms with Crippen LogP contribution in [0.3, 0.4) is 0 Å². The first-order valence-corrected chi connectivity index (χ1v) is 10.6. The number of rotatable bonds is 4. The standard InChI is InChI=1S/C22H15F3N2O5S/c1-30-15-6-2-4-11-8-13(20(29)32-18(11)15)19(28)27-9-12(10-27)31-21-26-17-14(22(23,24)25)5-3-7-16(17)33-21/h2-8,12H,9-10H2,1H3. The number of hydrogen-bond donors (Lipinski definition) is 0. The SMILES string of the molecule is COc1cccc2cc(C(=O)N3CC(Oc4nc5c(C(F)(F)F)cccc5s4)C3)c(=O)oc12. The lowest BCUT2D eigenvalue weighted by molar-refractivity contribution is -0.136. The third-order valence-corrected chi connectivity index (χ3v) is 6.19. The van der Waals surface area contributed by atoms with Gasteiger partial charge in [0.05, 0.1) is 36.0 Å². The van der Waals surface area contributed by atoms with Crippen molar-refractivity contribution in [1.29, 1.82) is 0 Å². The van der Waals surface area contributed by atoms with Gasteiger partial charge in [0, 0.05) is 5.39 Å². The summed E-state index contributed by atoms with van der Waals surface area (Å²) in [5.74, 6) is -0.137. The zero-order valence-electron chi connectivity index (χ0n) is 17.0. The normalized spacial score (nSPS) is 14.5. The van der Waals surface area contributed by atoms with Crippen LogP contribution in [0.4, 0.5) is 13.2 Å². The fourth-order valence-electron chi connectivity index (χ4n) is 3.63. The molecule has 1 amide bonds. The molecule has 3 heterocycles. The number of aromatic nitrogens is 1. The lowest BCUT2D eigenvalue weighted by atomic mass is 10.1. The second kappa shape index (κ2) is 7.77. The van der Waals surface area contributed by atoms with Crippen LogP contribution in [0.15, 0.2) is 51.7 Å². The van der Waals surface area contributed by atoms with Crippen molar-refractivity contribution >= 4 is 38.4 Å². The van der Waals surface area contributed by atoms with Crippen molar-refractivity contribution in [3.8, 4) is 10.9 Å².